The van der Waals surface area contributed by atoms with Crippen LogP contribution >= 0.6 is 0 Å². The maximum Gasteiger partial charge on any atom is 0.252 e. The van der Waals surface area contributed by atoms with Gasteiger partial charge in [0.05, 0.1) is 17.5 Å². The van der Waals surface area contributed by atoms with Crippen LogP contribution in [0.25, 0.3) is 0 Å². The van der Waals surface area contributed by atoms with Crippen LogP contribution in [0.4, 0.5) is 0 Å². The van der Waals surface area contributed by atoms with Crippen molar-refractivity contribution in [3.05, 3.63) is 70.8 Å². The lowest BCUT2D eigenvalue weighted by Gasteiger charge is -2.17. The van der Waals surface area contributed by atoms with Crippen LogP contribution in [0.2, 0.25) is 0 Å². The highest BCUT2D eigenvalue weighted by molar-refractivity contribution is 6.11. The Labute approximate surface area is 116 Å². The molecule has 2 aromatic rings. The van der Waals surface area contributed by atoms with E-state index >= 15 is 0 Å². The summed E-state index contributed by atoms with van der Waals surface area (Å²) in [6.45, 7) is 0. The Hall–Kier alpha value is -2.42. The molecule has 0 fully saturated rings. The highest BCUT2D eigenvalue weighted by Crippen LogP contribution is 2.40. The largest absolute Gasteiger partial charge is 0.344 e. The number of hydrogen-bond donors (Lipinski definition) is 1. The number of fused-ring (bicyclic) bond motifs is 4. The van der Waals surface area contributed by atoms with Crippen LogP contribution < -0.4 is 5.32 Å². The molecule has 98 valence electrons. The summed E-state index contributed by atoms with van der Waals surface area (Å²) >= 11 is 0. The van der Waals surface area contributed by atoms with Gasteiger partial charge in [0.15, 0.2) is 5.78 Å². The van der Waals surface area contributed by atoms with Gasteiger partial charge in [-0.05, 0) is 23.6 Å². The molecule has 1 aliphatic carbocycles. The molecule has 0 saturated heterocycles. The molecule has 0 unspecified atom stereocenters. The number of Topliss-reactive ketones (excluding diaryl/α,β-unsaturated/α-hetero) is 1. The quantitative estimate of drug-likeness (QED) is 0.794. The topological polar surface area (TPSA) is 46.2 Å². The van der Waals surface area contributed by atoms with Gasteiger partial charge in [-0.15, -0.1) is 0 Å². The second-order valence-corrected chi connectivity index (χ2v) is 5.37. The Morgan fingerprint density at radius 3 is 2.45 bits per heavy atom. The molecule has 2 aromatic carbocycles. The molecular weight excluding hydrogens is 250 g/mol. The van der Waals surface area contributed by atoms with E-state index in [0.29, 0.717) is 17.5 Å². The SMILES string of the molecule is O=C1N[C@H]2c3ccccc3C[C@@H]2C(=O)c2ccccc21. The maximum absolute atomic E-state index is 12.7. The van der Waals surface area contributed by atoms with Crippen molar-refractivity contribution in [3.63, 3.8) is 0 Å². The smallest absolute Gasteiger partial charge is 0.252 e. The lowest BCUT2D eigenvalue weighted by Crippen LogP contribution is -2.30. The van der Waals surface area contributed by atoms with Crippen molar-refractivity contribution in [2.75, 3.05) is 0 Å². The molecule has 0 aromatic heterocycles. The van der Waals surface area contributed by atoms with E-state index in [0.717, 1.165) is 11.1 Å². The third-order valence-corrected chi connectivity index (χ3v) is 4.29. The summed E-state index contributed by atoms with van der Waals surface area (Å²) in [5.74, 6) is -0.265. The van der Waals surface area contributed by atoms with Crippen molar-refractivity contribution < 1.29 is 9.59 Å². The molecule has 0 spiro atoms. The standard InChI is InChI=1S/C17H13NO2/c19-16-12-7-3-4-8-13(12)17(20)18-15-11-6-2-1-5-10(11)9-14(15)16/h1-8,14-15H,9H2,(H,18,20)/t14-,15-/m0/s1. The second-order valence-electron chi connectivity index (χ2n) is 5.37. The molecule has 1 amide bonds. The van der Waals surface area contributed by atoms with Crippen LogP contribution in [0.3, 0.4) is 0 Å². The average molecular weight is 263 g/mol. The van der Waals surface area contributed by atoms with Gasteiger partial charge < -0.3 is 5.32 Å². The molecule has 4 rings (SSSR count). The van der Waals surface area contributed by atoms with E-state index in [1.807, 2.05) is 30.3 Å². The van der Waals surface area contributed by atoms with Gasteiger partial charge in [-0.1, -0.05) is 42.5 Å². The first-order chi connectivity index (χ1) is 9.75. The van der Waals surface area contributed by atoms with Gasteiger partial charge in [-0.25, -0.2) is 0 Å². The number of hydrogen-bond acceptors (Lipinski definition) is 2. The number of amides is 1. The Balaban J connectivity index is 1.87. The van der Waals surface area contributed by atoms with Gasteiger partial charge in [0.2, 0.25) is 0 Å². The molecule has 2 aliphatic rings. The lowest BCUT2D eigenvalue weighted by atomic mass is 9.91. The van der Waals surface area contributed by atoms with E-state index in [9.17, 15) is 9.59 Å². The van der Waals surface area contributed by atoms with E-state index < -0.39 is 0 Å². The van der Waals surface area contributed by atoms with Gasteiger partial charge in [-0.2, -0.15) is 0 Å². The highest BCUT2D eigenvalue weighted by Gasteiger charge is 2.41. The molecule has 0 saturated carbocycles. The normalized spacial score (nSPS) is 23.4. The van der Waals surface area contributed by atoms with Crippen LogP contribution in [0, 0.1) is 5.92 Å². The minimum absolute atomic E-state index is 0.0696. The van der Waals surface area contributed by atoms with Crippen LogP contribution in [-0.2, 0) is 6.42 Å². The number of benzene rings is 2. The molecule has 0 radical (unpaired) electrons. The number of rotatable bonds is 0. The summed E-state index contributed by atoms with van der Waals surface area (Å²) < 4.78 is 0. The zero-order valence-electron chi connectivity index (χ0n) is 10.8. The number of carbonyl (C=O) groups is 2. The van der Waals surface area contributed by atoms with Crippen molar-refractivity contribution in [2.24, 2.45) is 5.92 Å². The number of carbonyl (C=O) groups excluding carboxylic acids is 2. The maximum atomic E-state index is 12.7. The monoisotopic (exact) mass is 263 g/mol. The Morgan fingerprint density at radius 1 is 0.900 bits per heavy atom. The zero-order chi connectivity index (χ0) is 13.7. The second kappa shape index (κ2) is 4.04. The van der Waals surface area contributed by atoms with Gasteiger partial charge in [-0.3, -0.25) is 9.59 Å². The van der Waals surface area contributed by atoms with Crippen molar-refractivity contribution in [3.8, 4) is 0 Å². The Morgan fingerprint density at radius 2 is 1.60 bits per heavy atom. The fourth-order valence-corrected chi connectivity index (χ4v) is 3.33. The molecule has 1 aliphatic heterocycles. The molecule has 1 heterocycles. The van der Waals surface area contributed by atoms with E-state index in [1.165, 1.54) is 0 Å². The first kappa shape index (κ1) is 11.4. The number of ketones is 1. The third kappa shape index (κ3) is 1.46. The summed E-state index contributed by atoms with van der Waals surface area (Å²) in [6, 6.07) is 14.9. The molecule has 1 N–H and O–H groups in total. The van der Waals surface area contributed by atoms with Gasteiger partial charge in [0.25, 0.3) is 5.91 Å². The predicted molar refractivity (Wildman–Crippen MR) is 74.6 cm³/mol. The lowest BCUT2D eigenvalue weighted by molar-refractivity contribution is 0.0887. The average Bonchev–Trinajstić information content (AvgIpc) is 2.81. The predicted octanol–water partition coefficient (Wildman–Crippen LogP) is 2.53. The molecule has 2 atom stereocenters. The number of nitrogens with one attached hydrogen (secondary N) is 1. The summed E-state index contributed by atoms with van der Waals surface area (Å²) in [6.07, 6.45) is 0.703. The molecule has 0 bridgehead atoms. The van der Waals surface area contributed by atoms with E-state index in [2.05, 4.69) is 5.32 Å². The fourth-order valence-electron chi connectivity index (χ4n) is 3.33. The summed E-state index contributed by atoms with van der Waals surface area (Å²) in [4.78, 5) is 25.1. The third-order valence-electron chi connectivity index (χ3n) is 4.29. The summed E-state index contributed by atoms with van der Waals surface area (Å²) in [5.41, 5.74) is 3.28. The highest BCUT2D eigenvalue weighted by atomic mass is 16.2. The van der Waals surface area contributed by atoms with Crippen LogP contribution in [0.5, 0.6) is 0 Å². The van der Waals surface area contributed by atoms with Crippen molar-refractivity contribution >= 4 is 11.7 Å². The van der Waals surface area contributed by atoms with Gasteiger partial charge >= 0.3 is 0 Å². The Kier molecular flexibility index (Phi) is 2.30. The molecule has 20 heavy (non-hydrogen) atoms. The van der Waals surface area contributed by atoms with E-state index in [4.69, 9.17) is 0 Å². The van der Waals surface area contributed by atoms with Crippen LogP contribution in [-0.4, -0.2) is 11.7 Å². The van der Waals surface area contributed by atoms with Gasteiger partial charge in [0.1, 0.15) is 0 Å². The van der Waals surface area contributed by atoms with E-state index in [1.54, 1.807) is 18.2 Å². The van der Waals surface area contributed by atoms with Crippen molar-refractivity contribution in [2.45, 2.75) is 12.5 Å². The summed E-state index contributed by atoms with van der Waals surface area (Å²) in [5, 5.41) is 3.02. The molecule has 3 heteroatoms. The molecular formula is C17H13NO2. The zero-order valence-corrected chi connectivity index (χ0v) is 10.8. The van der Waals surface area contributed by atoms with Crippen molar-refractivity contribution in [1.82, 2.24) is 5.32 Å². The fraction of sp³-hybridized carbons (Fsp3) is 0.176. The Bertz CT molecular complexity index is 735. The van der Waals surface area contributed by atoms with Crippen molar-refractivity contribution in [1.29, 1.82) is 0 Å². The van der Waals surface area contributed by atoms with E-state index in [-0.39, 0.29) is 23.7 Å². The van der Waals surface area contributed by atoms with Gasteiger partial charge in [0, 0.05) is 5.56 Å². The minimum Gasteiger partial charge on any atom is -0.344 e. The van der Waals surface area contributed by atoms with Crippen LogP contribution in [0.1, 0.15) is 37.9 Å². The first-order valence-corrected chi connectivity index (χ1v) is 6.77. The summed E-state index contributed by atoms with van der Waals surface area (Å²) in [7, 11) is 0. The molecule has 3 nitrogen and oxygen atoms in total. The first-order valence-electron chi connectivity index (χ1n) is 6.77. The van der Waals surface area contributed by atoms with Crippen LogP contribution in [0.15, 0.2) is 48.5 Å². The minimum atomic E-state index is -0.196.